The fourth-order valence-electron chi connectivity index (χ4n) is 7.19. The van der Waals surface area contributed by atoms with E-state index in [1.165, 1.54) is 135 Å². The van der Waals surface area contributed by atoms with Gasteiger partial charge in [-0.3, -0.25) is 14.4 Å². The summed E-state index contributed by atoms with van der Waals surface area (Å²) in [6.45, 7) is 6.58. The number of esters is 3. The second-order valence-corrected chi connectivity index (χ2v) is 16.7. The highest BCUT2D eigenvalue weighted by Crippen LogP contribution is 2.16. The van der Waals surface area contributed by atoms with Gasteiger partial charge >= 0.3 is 17.9 Å². The molecule has 0 amide bonds. The lowest BCUT2D eigenvalue weighted by atomic mass is 10.0. The molecule has 1 atom stereocenters. The van der Waals surface area contributed by atoms with Crippen molar-refractivity contribution in [3.63, 3.8) is 0 Å². The van der Waals surface area contributed by atoms with Crippen molar-refractivity contribution in [3.05, 3.63) is 24.3 Å². The molecule has 0 rings (SSSR count). The zero-order valence-corrected chi connectivity index (χ0v) is 38.1. The van der Waals surface area contributed by atoms with Crippen LogP contribution in [-0.2, 0) is 28.6 Å². The molecule has 0 fully saturated rings. The minimum atomic E-state index is -0.771. The molecule has 0 bridgehead atoms. The first-order chi connectivity index (χ1) is 28.0. The van der Waals surface area contributed by atoms with E-state index in [0.717, 1.165) is 89.9 Å². The van der Waals surface area contributed by atoms with E-state index in [1.807, 2.05) is 0 Å². The summed E-state index contributed by atoms with van der Waals surface area (Å²) in [4.78, 5) is 37.8. The molecule has 334 valence electrons. The first-order valence-corrected chi connectivity index (χ1v) is 24.8. The molecule has 0 aliphatic carbocycles. The number of unbranched alkanes of at least 4 members (excludes halogenated alkanes) is 30. The summed E-state index contributed by atoms with van der Waals surface area (Å²) in [5.74, 6) is -0.876. The molecule has 6 nitrogen and oxygen atoms in total. The van der Waals surface area contributed by atoms with E-state index in [4.69, 9.17) is 14.2 Å². The summed E-state index contributed by atoms with van der Waals surface area (Å²) >= 11 is 0. The van der Waals surface area contributed by atoms with Gasteiger partial charge in [0.1, 0.15) is 13.2 Å². The maximum absolute atomic E-state index is 12.7. The molecule has 0 radical (unpaired) electrons. The van der Waals surface area contributed by atoms with Crippen molar-refractivity contribution in [2.24, 2.45) is 0 Å². The van der Waals surface area contributed by atoms with E-state index in [2.05, 4.69) is 45.1 Å². The van der Waals surface area contributed by atoms with Crippen LogP contribution in [0.2, 0.25) is 0 Å². The van der Waals surface area contributed by atoms with Crippen molar-refractivity contribution >= 4 is 17.9 Å². The van der Waals surface area contributed by atoms with Crippen LogP contribution in [0.1, 0.15) is 265 Å². The summed E-state index contributed by atoms with van der Waals surface area (Å²) in [6, 6.07) is 0. The first kappa shape index (κ1) is 54.9. The molecule has 0 aromatic carbocycles. The number of carbonyl (C=O) groups is 3. The second kappa shape index (κ2) is 46.6. The fraction of sp³-hybridized carbons (Fsp3) is 0.863. The lowest BCUT2D eigenvalue weighted by Gasteiger charge is -2.18. The topological polar surface area (TPSA) is 78.9 Å². The minimum Gasteiger partial charge on any atom is -0.462 e. The Bertz CT molecular complexity index is 927. The Morgan fingerprint density at radius 3 is 1.04 bits per heavy atom. The third-order valence-electron chi connectivity index (χ3n) is 10.9. The van der Waals surface area contributed by atoms with Crippen molar-refractivity contribution in [1.82, 2.24) is 0 Å². The van der Waals surface area contributed by atoms with Gasteiger partial charge in [0.25, 0.3) is 0 Å². The molecular formula is C51H94O6. The Hall–Kier alpha value is -2.11. The molecule has 0 aliphatic rings. The average molecular weight is 803 g/mol. The molecule has 0 N–H and O–H groups in total. The Kier molecular flexibility index (Phi) is 44.9. The van der Waals surface area contributed by atoms with Gasteiger partial charge in [0.15, 0.2) is 6.10 Å². The third kappa shape index (κ3) is 44.8. The van der Waals surface area contributed by atoms with Gasteiger partial charge in [-0.25, -0.2) is 0 Å². The average Bonchev–Trinajstić information content (AvgIpc) is 3.21. The van der Waals surface area contributed by atoms with Crippen molar-refractivity contribution < 1.29 is 28.6 Å². The molecule has 0 saturated carbocycles. The lowest BCUT2D eigenvalue weighted by Crippen LogP contribution is -2.30. The number of rotatable bonds is 45. The second-order valence-electron chi connectivity index (χ2n) is 16.7. The van der Waals surface area contributed by atoms with Gasteiger partial charge in [0.05, 0.1) is 0 Å². The summed E-state index contributed by atoms with van der Waals surface area (Å²) in [5.41, 5.74) is 0. The van der Waals surface area contributed by atoms with E-state index in [1.54, 1.807) is 0 Å². The van der Waals surface area contributed by atoms with Crippen molar-refractivity contribution in [2.45, 2.75) is 271 Å². The van der Waals surface area contributed by atoms with Crippen molar-refractivity contribution in [3.8, 4) is 0 Å². The van der Waals surface area contributed by atoms with E-state index in [0.29, 0.717) is 19.3 Å². The molecule has 6 heteroatoms. The Labute approximate surface area is 353 Å². The van der Waals surface area contributed by atoms with Crippen LogP contribution in [0, 0.1) is 0 Å². The smallest absolute Gasteiger partial charge is 0.306 e. The minimum absolute atomic E-state index is 0.0724. The standard InChI is InChI=1S/C51H94O6/c1-4-7-10-13-16-19-22-25-27-29-32-35-38-41-44-50(53)56-47-48(46-55-49(52)43-40-37-34-31-28-24-21-18-15-12-9-6-3)57-51(54)45-42-39-36-33-30-26-23-20-17-14-11-8-5-2/h11,14,20,23,48H,4-10,12-13,15-19,21-22,24-47H2,1-3H3/b14-11-,23-20-. The largest absolute Gasteiger partial charge is 0.462 e. The maximum atomic E-state index is 12.7. The van der Waals surface area contributed by atoms with E-state index in [9.17, 15) is 14.4 Å². The number of allylic oxidation sites excluding steroid dienone is 4. The van der Waals surface area contributed by atoms with Gasteiger partial charge < -0.3 is 14.2 Å². The van der Waals surface area contributed by atoms with Gasteiger partial charge in [-0.1, -0.05) is 225 Å². The van der Waals surface area contributed by atoms with Crippen LogP contribution >= 0.6 is 0 Å². The maximum Gasteiger partial charge on any atom is 0.306 e. The van der Waals surface area contributed by atoms with Gasteiger partial charge in [-0.2, -0.15) is 0 Å². The molecule has 0 aromatic heterocycles. The zero-order chi connectivity index (χ0) is 41.5. The number of carbonyl (C=O) groups excluding carboxylic acids is 3. The monoisotopic (exact) mass is 803 g/mol. The molecule has 0 aliphatic heterocycles. The van der Waals surface area contributed by atoms with Crippen LogP contribution in [0.25, 0.3) is 0 Å². The predicted octanol–water partition coefficient (Wildman–Crippen LogP) is 16.0. The normalized spacial score (nSPS) is 12.1. The molecule has 1 unspecified atom stereocenters. The highest BCUT2D eigenvalue weighted by Gasteiger charge is 2.19. The molecule has 0 aromatic rings. The highest BCUT2D eigenvalue weighted by atomic mass is 16.6. The zero-order valence-electron chi connectivity index (χ0n) is 38.1. The molecular weight excluding hydrogens is 709 g/mol. The SMILES string of the molecule is CCC/C=C\C/C=C\CCCCCCCC(=O)OC(COC(=O)CCCCCCCCCCCCCC)COC(=O)CCCCCCCCCCCCCCCC. The van der Waals surface area contributed by atoms with Crippen LogP contribution < -0.4 is 0 Å². The van der Waals surface area contributed by atoms with Gasteiger partial charge in [0, 0.05) is 19.3 Å². The predicted molar refractivity (Wildman–Crippen MR) is 243 cm³/mol. The fourth-order valence-corrected chi connectivity index (χ4v) is 7.19. The Morgan fingerprint density at radius 1 is 0.351 bits per heavy atom. The van der Waals surface area contributed by atoms with Crippen molar-refractivity contribution in [1.29, 1.82) is 0 Å². The van der Waals surface area contributed by atoms with E-state index >= 15 is 0 Å². The third-order valence-corrected chi connectivity index (χ3v) is 10.9. The van der Waals surface area contributed by atoms with Gasteiger partial charge in [-0.05, 0) is 44.9 Å². The van der Waals surface area contributed by atoms with Crippen LogP contribution in [-0.4, -0.2) is 37.2 Å². The summed E-state index contributed by atoms with van der Waals surface area (Å²) < 4.78 is 16.8. The summed E-state index contributed by atoms with van der Waals surface area (Å²) in [6.07, 6.45) is 51.5. The van der Waals surface area contributed by atoms with Crippen LogP contribution in [0.15, 0.2) is 24.3 Å². The van der Waals surface area contributed by atoms with Gasteiger partial charge in [0.2, 0.25) is 0 Å². The molecule has 0 spiro atoms. The van der Waals surface area contributed by atoms with E-state index in [-0.39, 0.29) is 31.1 Å². The van der Waals surface area contributed by atoms with E-state index < -0.39 is 6.10 Å². The first-order valence-electron chi connectivity index (χ1n) is 24.8. The van der Waals surface area contributed by atoms with Crippen LogP contribution in [0.3, 0.4) is 0 Å². The Balaban J connectivity index is 4.35. The Morgan fingerprint density at radius 2 is 0.667 bits per heavy atom. The highest BCUT2D eigenvalue weighted by molar-refractivity contribution is 5.71. The summed E-state index contributed by atoms with van der Waals surface area (Å²) in [7, 11) is 0. The van der Waals surface area contributed by atoms with Gasteiger partial charge in [-0.15, -0.1) is 0 Å². The molecule has 0 saturated heterocycles. The summed E-state index contributed by atoms with van der Waals surface area (Å²) in [5, 5.41) is 0. The lowest BCUT2D eigenvalue weighted by molar-refractivity contribution is -0.167. The quantitative estimate of drug-likeness (QED) is 0.0264. The number of ether oxygens (including phenoxy) is 3. The number of hydrogen-bond acceptors (Lipinski definition) is 6. The number of hydrogen-bond donors (Lipinski definition) is 0. The van der Waals surface area contributed by atoms with Crippen molar-refractivity contribution in [2.75, 3.05) is 13.2 Å². The van der Waals surface area contributed by atoms with Crippen LogP contribution in [0.5, 0.6) is 0 Å². The van der Waals surface area contributed by atoms with Crippen LogP contribution in [0.4, 0.5) is 0 Å². The molecule has 0 heterocycles. The molecule has 57 heavy (non-hydrogen) atoms.